The van der Waals surface area contributed by atoms with Gasteiger partial charge < -0.3 is 23.8 Å². The standard InChI is InChI=1S/C28H29NO5S/c1-28(27(30)31-2)33-18-21(19-34-28)17-20-11-13-22(14-12-20)32-16-15-29-23-7-3-5-9-25(23)35-26-10-6-4-8-24(26)29/h3-14,21H,15-19H2,1-2H3/t21-,28+. The Labute approximate surface area is 210 Å². The SMILES string of the molecule is COC(=O)[C@]1(C)OC[C@H](Cc2ccc(OCCN3c4ccccc4Sc4ccccc43)cc2)CO1. The van der Waals surface area contributed by atoms with Crippen molar-refractivity contribution in [3.63, 3.8) is 0 Å². The van der Waals surface area contributed by atoms with Gasteiger partial charge in [0.2, 0.25) is 0 Å². The van der Waals surface area contributed by atoms with Crippen LogP contribution in [0, 0.1) is 5.92 Å². The average molecular weight is 492 g/mol. The van der Waals surface area contributed by atoms with Crippen molar-refractivity contribution in [1.29, 1.82) is 0 Å². The van der Waals surface area contributed by atoms with E-state index >= 15 is 0 Å². The van der Waals surface area contributed by atoms with Crippen LogP contribution in [0.1, 0.15) is 12.5 Å². The molecular formula is C28H29NO5S. The predicted octanol–water partition coefficient (Wildman–Crippen LogP) is 5.46. The summed E-state index contributed by atoms with van der Waals surface area (Å²) in [6.07, 6.45) is 0.802. The molecule has 0 radical (unpaired) electrons. The summed E-state index contributed by atoms with van der Waals surface area (Å²) in [5.41, 5.74) is 3.61. The normalized spacial score (nSPS) is 21.1. The fourth-order valence-electron chi connectivity index (χ4n) is 4.40. The molecule has 3 aromatic carbocycles. The van der Waals surface area contributed by atoms with Crippen LogP contribution in [-0.2, 0) is 25.4 Å². The molecule has 0 N–H and O–H groups in total. The first-order valence-electron chi connectivity index (χ1n) is 11.8. The van der Waals surface area contributed by atoms with Gasteiger partial charge in [-0.25, -0.2) is 4.79 Å². The van der Waals surface area contributed by atoms with Crippen LogP contribution in [-0.4, -0.2) is 45.2 Å². The van der Waals surface area contributed by atoms with Gasteiger partial charge in [-0.3, -0.25) is 0 Å². The van der Waals surface area contributed by atoms with Crippen molar-refractivity contribution < 1.29 is 23.7 Å². The fraction of sp³-hybridized carbons (Fsp3) is 0.321. The van der Waals surface area contributed by atoms with Gasteiger partial charge in [0.05, 0.1) is 38.2 Å². The highest BCUT2D eigenvalue weighted by Crippen LogP contribution is 2.47. The van der Waals surface area contributed by atoms with Gasteiger partial charge in [-0.2, -0.15) is 0 Å². The summed E-state index contributed by atoms with van der Waals surface area (Å²) in [5, 5.41) is 0. The summed E-state index contributed by atoms with van der Waals surface area (Å²) in [6, 6.07) is 25.2. The molecule has 0 aromatic heterocycles. The maximum atomic E-state index is 11.8. The lowest BCUT2D eigenvalue weighted by Gasteiger charge is -2.35. The number of hydrogen-bond acceptors (Lipinski definition) is 7. The number of esters is 1. The number of methoxy groups -OCH3 is 1. The Morgan fingerprint density at radius 1 is 0.971 bits per heavy atom. The van der Waals surface area contributed by atoms with Crippen LogP contribution in [0.3, 0.4) is 0 Å². The Hall–Kier alpha value is -3.00. The molecule has 0 atom stereocenters. The molecule has 2 aliphatic heterocycles. The number of para-hydroxylation sites is 2. The molecule has 7 heteroatoms. The van der Waals surface area contributed by atoms with Crippen LogP contribution in [0.5, 0.6) is 5.75 Å². The molecule has 0 amide bonds. The lowest BCUT2D eigenvalue weighted by atomic mass is 9.99. The van der Waals surface area contributed by atoms with Crippen molar-refractivity contribution in [2.45, 2.75) is 28.9 Å². The highest BCUT2D eigenvalue weighted by atomic mass is 32.2. The molecule has 0 saturated carbocycles. The molecule has 35 heavy (non-hydrogen) atoms. The summed E-state index contributed by atoms with van der Waals surface area (Å²) < 4.78 is 22.2. The summed E-state index contributed by atoms with van der Waals surface area (Å²) in [6.45, 7) is 3.82. The molecule has 0 spiro atoms. The Kier molecular flexibility index (Phi) is 7.00. The maximum Gasteiger partial charge on any atom is 0.366 e. The molecule has 2 heterocycles. The van der Waals surface area contributed by atoms with Crippen molar-refractivity contribution in [2.24, 2.45) is 5.92 Å². The molecule has 0 unspecified atom stereocenters. The number of carbonyl (C=O) groups excluding carboxylic acids is 1. The van der Waals surface area contributed by atoms with Gasteiger partial charge in [0.15, 0.2) is 0 Å². The average Bonchev–Trinajstić information content (AvgIpc) is 2.90. The van der Waals surface area contributed by atoms with Crippen LogP contribution in [0.15, 0.2) is 82.6 Å². The first-order valence-corrected chi connectivity index (χ1v) is 12.6. The maximum absolute atomic E-state index is 11.8. The number of hydrogen-bond donors (Lipinski definition) is 0. The van der Waals surface area contributed by atoms with E-state index in [1.165, 1.54) is 33.8 Å². The first-order chi connectivity index (χ1) is 17.1. The summed E-state index contributed by atoms with van der Waals surface area (Å²) in [7, 11) is 1.33. The number of fused-ring (bicyclic) bond motifs is 2. The molecule has 3 aromatic rings. The Morgan fingerprint density at radius 2 is 1.57 bits per heavy atom. The van der Waals surface area contributed by atoms with Gasteiger partial charge in [0, 0.05) is 22.6 Å². The zero-order valence-corrected chi connectivity index (χ0v) is 20.8. The van der Waals surface area contributed by atoms with E-state index in [4.69, 9.17) is 18.9 Å². The van der Waals surface area contributed by atoms with Crippen LogP contribution >= 0.6 is 11.8 Å². The van der Waals surface area contributed by atoms with E-state index in [-0.39, 0.29) is 5.92 Å². The summed E-state index contributed by atoms with van der Waals surface area (Å²) >= 11 is 1.81. The zero-order chi connectivity index (χ0) is 24.3. The van der Waals surface area contributed by atoms with Crippen LogP contribution < -0.4 is 9.64 Å². The number of rotatable bonds is 7. The Morgan fingerprint density at radius 3 is 2.17 bits per heavy atom. The van der Waals surface area contributed by atoms with E-state index in [0.717, 1.165) is 18.7 Å². The van der Waals surface area contributed by atoms with Gasteiger partial charge in [-0.15, -0.1) is 0 Å². The number of benzene rings is 3. The van der Waals surface area contributed by atoms with Crippen LogP contribution in [0.2, 0.25) is 0 Å². The molecule has 1 fully saturated rings. The quantitative estimate of drug-likeness (QED) is 0.407. The molecule has 6 nitrogen and oxygen atoms in total. The largest absolute Gasteiger partial charge is 0.492 e. The molecule has 5 rings (SSSR count). The van der Waals surface area contributed by atoms with E-state index in [9.17, 15) is 4.79 Å². The van der Waals surface area contributed by atoms with Crippen LogP contribution in [0.4, 0.5) is 11.4 Å². The number of nitrogens with zero attached hydrogens (tertiary/aromatic N) is 1. The highest BCUT2D eigenvalue weighted by Gasteiger charge is 2.41. The van der Waals surface area contributed by atoms with E-state index < -0.39 is 11.8 Å². The molecule has 2 aliphatic rings. The van der Waals surface area contributed by atoms with Gasteiger partial charge in [0.25, 0.3) is 5.79 Å². The third-order valence-electron chi connectivity index (χ3n) is 6.31. The lowest BCUT2D eigenvalue weighted by Crippen LogP contribution is -2.48. The Bertz CT molecular complexity index is 1130. The van der Waals surface area contributed by atoms with Gasteiger partial charge >= 0.3 is 5.97 Å². The minimum absolute atomic E-state index is 0.177. The summed E-state index contributed by atoms with van der Waals surface area (Å²) in [5.74, 6) is -0.794. The van der Waals surface area contributed by atoms with Gasteiger partial charge in [0.1, 0.15) is 12.4 Å². The first kappa shape index (κ1) is 23.7. The predicted molar refractivity (Wildman–Crippen MR) is 135 cm³/mol. The Balaban J connectivity index is 1.15. The number of anilines is 2. The topological polar surface area (TPSA) is 57.2 Å². The third kappa shape index (κ3) is 5.17. The van der Waals surface area contributed by atoms with Gasteiger partial charge in [-0.05, 0) is 48.4 Å². The fourth-order valence-corrected chi connectivity index (χ4v) is 5.49. The minimum Gasteiger partial charge on any atom is -0.492 e. The minimum atomic E-state index is -1.31. The monoisotopic (exact) mass is 491 g/mol. The van der Waals surface area contributed by atoms with Crippen molar-refractivity contribution in [3.05, 3.63) is 78.4 Å². The third-order valence-corrected chi connectivity index (χ3v) is 7.44. The summed E-state index contributed by atoms with van der Waals surface area (Å²) in [4.78, 5) is 16.7. The number of carbonyl (C=O) groups is 1. The van der Waals surface area contributed by atoms with E-state index in [2.05, 4.69) is 65.6 Å². The highest BCUT2D eigenvalue weighted by molar-refractivity contribution is 7.99. The van der Waals surface area contributed by atoms with Crippen molar-refractivity contribution >= 4 is 29.1 Å². The van der Waals surface area contributed by atoms with Crippen LogP contribution in [0.25, 0.3) is 0 Å². The zero-order valence-electron chi connectivity index (χ0n) is 19.9. The molecule has 0 bridgehead atoms. The smallest absolute Gasteiger partial charge is 0.366 e. The van der Waals surface area contributed by atoms with Gasteiger partial charge in [-0.1, -0.05) is 48.2 Å². The molecule has 1 saturated heterocycles. The van der Waals surface area contributed by atoms with Crippen molar-refractivity contribution in [2.75, 3.05) is 38.4 Å². The number of ether oxygens (including phenoxy) is 4. The molecule has 0 aliphatic carbocycles. The second-order valence-electron chi connectivity index (χ2n) is 8.81. The molecule has 182 valence electrons. The molecular weight excluding hydrogens is 462 g/mol. The second-order valence-corrected chi connectivity index (χ2v) is 9.89. The second kappa shape index (κ2) is 10.3. The lowest BCUT2D eigenvalue weighted by molar-refractivity contribution is -0.272. The van der Waals surface area contributed by atoms with Crippen molar-refractivity contribution in [3.8, 4) is 5.75 Å². The van der Waals surface area contributed by atoms with E-state index in [0.29, 0.717) is 19.8 Å². The van der Waals surface area contributed by atoms with E-state index in [1.54, 1.807) is 6.92 Å². The van der Waals surface area contributed by atoms with E-state index in [1.807, 2.05) is 23.9 Å². The van der Waals surface area contributed by atoms with Crippen molar-refractivity contribution in [1.82, 2.24) is 0 Å².